The molecule has 1 saturated heterocycles. The van der Waals surface area contributed by atoms with Crippen molar-refractivity contribution < 1.29 is 9.47 Å². The molecule has 32 heavy (non-hydrogen) atoms. The molecule has 1 fully saturated rings. The van der Waals surface area contributed by atoms with Crippen molar-refractivity contribution in [1.29, 1.82) is 0 Å². The quantitative estimate of drug-likeness (QED) is 0.507. The first kappa shape index (κ1) is 22.2. The van der Waals surface area contributed by atoms with Crippen LogP contribution in [0.4, 0.5) is 5.82 Å². The van der Waals surface area contributed by atoms with Crippen LogP contribution in [0.1, 0.15) is 19.4 Å². The molecule has 172 valence electrons. The van der Waals surface area contributed by atoms with E-state index < -0.39 is 0 Å². The maximum absolute atomic E-state index is 6.02. The summed E-state index contributed by atoms with van der Waals surface area (Å²) < 4.78 is 11.8. The van der Waals surface area contributed by atoms with E-state index in [1.54, 1.807) is 0 Å². The van der Waals surface area contributed by atoms with Crippen molar-refractivity contribution in [3.63, 3.8) is 0 Å². The summed E-state index contributed by atoms with van der Waals surface area (Å²) in [4.78, 5) is 14.2. The number of fused-ring (bicyclic) bond motifs is 1. The number of benzene rings is 1. The zero-order chi connectivity index (χ0) is 22.2. The second kappa shape index (κ2) is 11.0. The number of nitrogens with zero attached hydrogens (tertiary/aromatic N) is 4. The Morgan fingerprint density at radius 2 is 1.88 bits per heavy atom. The summed E-state index contributed by atoms with van der Waals surface area (Å²) in [5, 5.41) is 6.66. The van der Waals surface area contributed by atoms with Crippen LogP contribution in [0.5, 0.6) is 11.5 Å². The summed E-state index contributed by atoms with van der Waals surface area (Å²) in [5.41, 5.74) is 1.09. The predicted octanol–water partition coefficient (Wildman–Crippen LogP) is 2.12. The summed E-state index contributed by atoms with van der Waals surface area (Å²) in [6.07, 6.45) is 1.87. The third-order valence-electron chi connectivity index (χ3n) is 5.78. The van der Waals surface area contributed by atoms with Crippen LogP contribution in [0.15, 0.2) is 47.6 Å². The van der Waals surface area contributed by atoms with Gasteiger partial charge in [-0.25, -0.2) is 9.98 Å². The van der Waals surface area contributed by atoms with Crippen molar-refractivity contribution in [2.75, 3.05) is 57.3 Å². The first-order valence-corrected chi connectivity index (χ1v) is 11.6. The van der Waals surface area contributed by atoms with E-state index in [2.05, 4.69) is 51.4 Å². The molecule has 2 aliphatic heterocycles. The molecule has 0 bridgehead atoms. The molecule has 3 heterocycles. The Bertz CT molecular complexity index is 880. The van der Waals surface area contributed by atoms with E-state index in [0.29, 0.717) is 19.7 Å². The Balaban J connectivity index is 1.28. The number of para-hydroxylation sites is 2. The van der Waals surface area contributed by atoms with E-state index in [1.165, 1.54) is 0 Å². The van der Waals surface area contributed by atoms with Crippen LogP contribution in [-0.4, -0.2) is 74.4 Å². The predicted molar refractivity (Wildman–Crippen MR) is 128 cm³/mol. The summed E-state index contributed by atoms with van der Waals surface area (Å²) in [7, 11) is 0. The summed E-state index contributed by atoms with van der Waals surface area (Å²) in [5.74, 6) is 3.39. The van der Waals surface area contributed by atoms with Crippen LogP contribution in [0.2, 0.25) is 0 Å². The van der Waals surface area contributed by atoms with Gasteiger partial charge >= 0.3 is 0 Å². The van der Waals surface area contributed by atoms with E-state index in [9.17, 15) is 0 Å². The zero-order valence-corrected chi connectivity index (χ0v) is 19.1. The Kier molecular flexibility index (Phi) is 7.66. The number of rotatable bonds is 7. The van der Waals surface area contributed by atoms with Gasteiger partial charge in [0.25, 0.3) is 0 Å². The molecule has 0 aliphatic carbocycles. The van der Waals surface area contributed by atoms with Crippen molar-refractivity contribution in [3.8, 4) is 11.5 Å². The lowest BCUT2D eigenvalue weighted by atomic mass is 10.2. The van der Waals surface area contributed by atoms with E-state index in [0.717, 1.165) is 68.1 Å². The number of piperazine rings is 1. The first-order chi connectivity index (χ1) is 15.7. The molecule has 1 aromatic carbocycles. The highest BCUT2D eigenvalue weighted by atomic mass is 16.6. The lowest BCUT2D eigenvalue weighted by Crippen LogP contribution is -2.46. The minimum atomic E-state index is -0.0668. The molecule has 2 N–H and O–H groups in total. The minimum absolute atomic E-state index is 0.0668. The van der Waals surface area contributed by atoms with Crippen LogP contribution < -0.4 is 25.0 Å². The number of pyridine rings is 1. The second-order valence-electron chi connectivity index (χ2n) is 8.02. The monoisotopic (exact) mass is 438 g/mol. The SMILES string of the molecule is CCNC(=NCc1ccc(N2CCN(CC)CC2)nc1)NCC1COc2ccccc2O1. The minimum Gasteiger partial charge on any atom is -0.486 e. The summed E-state index contributed by atoms with van der Waals surface area (Å²) in [6.45, 7) is 12.1. The number of anilines is 1. The number of aliphatic imine (C=N–C) groups is 1. The van der Waals surface area contributed by atoms with E-state index in [4.69, 9.17) is 14.5 Å². The number of nitrogens with one attached hydrogen (secondary N) is 2. The maximum atomic E-state index is 6.02. The van der Waals surface area contributed by atoms with E-state index in [-0.39, 0.29) is 6.10 Å². The Morgan fingerprint density at radius 1 is 1.06 bits per heavy atom. The standard InChI is InChI=1S/C24H34N6O2/c1-3-25-24(28-17-20-18-31-21-7-5-6-8-22(21)32-20)27-16-19-9-10-23(26-15-19)30-13-11-29(4-2)12-14-30/h5-10,15,20H,3-4,11-14,16-18H2,1-2H3,(H2,25,27,28). The smallest absolute Gasteiger partial charge is 0.191 e. The van der Waals surface area contributed by atoms with Crippen molar-refractivity contribution >= 4 is 11.8 Å². The average Bonchev–Trinajstić information content (AvgIpc) is 2.86. The summed E-state index contributed by atoms with van der Waals surface area (Å²) >= 11 is 0. The molecule has 1 aromatic heterocycles. The molecule has 0 amide bonds. The lowest BCUT2D eigenvalue weighted by molar-refractivity contribution is 0.0936. The van der Waals surface area contributed by atoms with Crippen molar-refractivity contribution in [3.05, 3.63) is 48.2 Å². The first-order valence-electron chi connectivity index (χ1n) is 11.6. The number of aromatic nitrogens is 1. The van der Waals surface area contributed by atoms with Gasteiger partial charge in [0.2, 0.25) is 0 Å². The molecular weight excluding hydrogens is 404 g/mol. The van der Waals surface area contributed by atoms with Gasteiger partial charge in [-0.1, -0.05) is 25.1 Å². The fraction of sp³-hybridized carbons (Fsp3) is 0.500. The average molecular weight is 439 g/mol. The van der Waals surface area contributed by atoms with Gasteiger partial charge in [-0.2, -0.15) is 0 Å². The van der Waals surface area contributed by atoms with Gasteiger partial charge in [-0.05, 0) is 37.2 Å². The van der Waals surface area contributed by atoms with Crippen molar-refractivity contribution in [1.82, 2.24) is 20.5 Å². The van der Waals surface area contributed by atoms with Gasteiger partial charge in [-0.3, -0.25) is 0 Å². The molecule has 0 spiro atoms. The Labute approximate surface area is 190 Å². The van der Waals surface area contributed by atoms with E-state index in [1.807, 2.05) is 30.5 Å². The molecule has 2 aromatic rings. The van der Waals surface area contributed by atoms with Crippen molar-refractivity contribution in [2.24, 2.45) is 4.99 Å². The Morgan fingerprint density at radius 3 is 2.59 bits per heavy atom. The number of hydrogen-bond acceptors (Lipinski definition) is 6. The van der Waals surface area contributed by atoms with E-state index >= 15 is 0 Å². The van der Waals surface area contributed by atoms with Crippen LogP contribution in [-0.2, 0) is 6.54 Å². The fourth-order valence-corrected chi connectivity index (χ4v) is 3.88. The number of ether oxygens (including phenoxy) is 2. The molecule has 1 atom stereocenters. The molecule has 0 saturated carbocycles. The van der Waals surface area contributed by atoms with Crippen LogP contribution >= 0.6 is 0 Å². The van der Waals surface area contributed by atoms with Gasteiger partial charge in [0.15, 0.2) is 17.5 Å². The normalized spacial score (nSPS) is 19.0. The molecule has 2 aliphatic rings. The highest BCUT2D eigenvalue weighted by Gasteiger charge is 2.20. The highest BCUT2D eigenvalue weighted by Crippen LogP contribution is 2.30. The molecular formula is C24H34N6O2. The molecule has 0 radical (unpaired) electrons. The topological polar surface area (TPSA) is 74.3 Å². The van der Waals surface area contributed by atoms with Gasteiger partial charge in [0.05, 0.1) is 13.1 Å². The summed E-state index contributed by atoms with van der Waals surface area (Å²) in [6, 6.07) is 12.0. The maximum Gasteiger partial charge on any atom is 0.191 e. The highest BCUT2D eigenvalue weighted by molar-refractivity contribution is 5.79. The molecule has 8 heteroatoms. The van der Waals surface area contributed by atoms with Gasteiger partial charge < -0.3 is 29.9 Å². The molecule has 1 unspecified atom stereocenters. The zero-order valence-electron chi connectivity index (χ0n) is 19.1. The van der Waals surface area contributed by atoms with Crippen LogP contribution in [0.25, 0.3) is 0 Å². The third kappa shape index (κ3) is 5.82. The van der Waals surface area contributed by atoms with Crippen molar-refractivity contribution in [2.45, 2.75) is 26.5 Å². The third-order valence-corrected chi connectivity index (χ3v) is 5.78. The number of guanidine groups is 1. The van der Waals surface area contributed by atoms with Gasteiger partial charge in [-0.15, -0.1) is 0 Å². The molecule has 4 rings (SSSR count). The lowest BCUT2D eigenvalue weighted by Gasteiger charge is -2.34. The largest absolute Gasteiger partial charge is 0.486 e. The van der Waals surface area contributed by atoms with Gasteiger partial charge in [0, 0.05) is 38.9 Å². The number of hydrogen-bond donors (Lipinski definition) is 2. The van der Waals surface area contributed by atoms with Gasteiger partial charge in [0.1, 0.15) is 18.5 Å². The number of likely N-dealkylation sites (N-methyl/N-ethyl adjacent to an activating group) is 1. The van der Waals surface area contributed by atoms with Crippen LogP contribution in [0, 0.1) is 0 Å². The molecule has 8 nitrogen and oxygen atoms in total. The fourth-order valence-electron chi connectivity index (χ4n) is 3.88. The Hall–Kier alpha value is -3.00. The second-order valence-corrected chi connectivity index (χ2v) is 8.02. The van der Waals surface area contributed by atoms with Crippen LogP contribution in [0.3, 0.4) is 0 Å².